The van der Waals surface area contributed by atoms with Crippen LogP contribution in [0.5, 0.6) is 5.75 Å². The molecule has 0 saturated heterocycles. The van der Waals surface area contributed by atoms with E-state index in [0.29, 0.717) is 6.61 Å². The van der Waals surface area contributed by atoms with Gasteiger partial charge in [0.05, 0.1) is 14.9 Å². The van der Waals surface area contributed by atoms with Crippen molar-refractivity contribution < 1.29 is 4.74 Å². The number of thiophene rings is 1. The molecule has 0 amide bonds. The van der Waals surface area contributed by atoms with Gasteiger partial charge in [-0.2, -0.15) is 0 Å². The zero-order chi connectivity index (χ0) is 12.7. The molecule has 0 bridgehead atoms. The highest BCUT2D eigenvalue weighted by molar-refractivity contribution is 14.1. The van der Waals surface area contributed by atoms with Gasteiger partial charge in [0.25, 0.3) is 0 Å². The fraction of sp³-hybridized carbons (Fsp3) is 0.231. The predicted octanol–water partition coefficient (Wildman–Crippen LogP) is 5.27. The molecule has 1 aromatic heterocycles. The van der Waals surface area contributed by atoms with Gasteiger partial charge in [-0.25, -0.2) is 0 Å². The lowest BCUT2D eigenvalue weighted by Crippen LogP contribution is -1.96. The van der Waals surface area contributed by atoms with E-state index >= 15 is 0 Å². The molecule has 0 aliphatic carbocycles. The monoisotopic (exact) mass is 410 g/mol. The van der Waals surface area contributed by atoms with Gasteiger partial charge in [-0.05, 0) is 57.3 Å². The number of halogens is 3. The van der Waals surface area contributed by atoms with Crippen LogP contribution in [0.25, 0.3) is 0 Å². The Hall–Kier alpha value is 0.0300. The lowest BCUT2D eigenvalue weighted by atomic mass is 10.0. The molecule has 1 aliphatic heterocycles. The average molecular weight is 411 g/mol. The average Bonchev–Trinajstić information content (AvgIpc) is 2.95. The summed E-state index contributed by atoms with van der Waals surface area (Å²) < 4.78 is 6.92. The maximum Gasteiger partial charge on any atom is 0.127 e. The number of hydrogen-bond donors (Lipinski definition) is 0. The van der Waals surface area contributed by atoms with Crippen LogP contribution in [0.1, 0.15) is 22.1 Å². The molecule has 1 atom stereocenters. The van der Waals surface area contributed by atoms with E-state index in [4.69, 9.17) is 27.9 Å². The van der Waals surface area contributed by atoms with E-state index in [9.17, 15) is 0 Å². The first-order chi connectivity index (χ1) is 8.65. The Labute approximate surface area is 133 Å². The maximum atomic E-state index is 6.57. The van der Waals surface area contributed by atoms with Crippen LogP contribution in [0, 0.1) is 2.88 Å². The molecule has 0 saturated carbocycles. The molecule has 2 aromatic rings. The third-order valence-corrected chi connectivity index (χ3v) is 5.44. The normalized spacial score (nSPS) is 15.3. The van der Waals surface area contributed by atoms with Crippen LogP contribution in [0.3, 0.4) is 0 Å². The largest absolute Gasteiger partial charge is 0.493 e. The number of benzene rings is 1. The molecule has 94 valence electrons. The first kappa shape index (κ1) is 13.0. The Bertz CT molecular complexity index is 597. The molecule has 1 aliphatic rings. The minimum Gasteiger partial charge on any atom is -0.493 e. The van der Waals surface area contributed by atoms with Crippen molar-refractivity contribution in [3.8, 4) is 5.75 Å². The van der Waals surface area contributed by atoms with Gasteiger partial charge in [0, 0.05) is 17.0 Å². The lowest BCUT2D eigenvalue weighted by Gasteiger charge is -2.13. The van der Waals surface area contributed by atoms with Gasteiger partial charge in [0.15, 0.2) is 0 Å². The number of alkyl halides is 1. The third-order valence-electron chi connectivity index (χ3n) is 2.93. The molecule has 1 unspecified atom stereocenters. The quantitative estimate of drug-likeness (QED) is 0.484. The van der Waals surface area contributed by atoms with Crippen molar-refractivity contribution in [3.05, 3.63) is 48.2 Å². The van der Waals surface area contributed by atoms with Gasteiger partial charge in [-0.3, -0.25) is 0 Å². The van der Waals surface area contributed by atoms with Crippen LogP contribution in [0.15, 0.2) is 23.6 Å². The fourth-order valence-corrected chi connectivity index (χ4v) is 4.13. The van der Waals surface area contributed by atoms with Gasteiger partial charge >= 0.3 is 0 Å². The van der Waals surface area contributed by atoms with Crippen molar-refractivity contribution >= 4 is 57.1 Å². The SMILES string of the molecule is Clc1cc2c(c(C(Cl)c3csc(I)c3)c1)OCC2. The first-order valence-electron chi connectivity index (χ1n) is 5.48. The summed E-state index contributed by atoms with van der Waals surface area (Å²) in [5.41, 5.74) is 3.24. The molecule has 18 heavy (non-hydrogen) atoms. The van der Waals surface area contributed by atoms with Crippen LogP contribution in [-0.4, -0.2) is 6.61 Å². The minimum atomic E-state index is -0.199. The second-order valence-electron chi connectivity index (χ2n) is 4.13. The van der Waals surface area contributed by atoms with Gasteiger partial charge in [-0.15, -0.1) is 22.9 Å². The number of ether oxygens (including phenoxy) is 1. The highest BCUT2D eigenvalue weighted by atomic mass is 127. The van der Waals surface area contributed by atoms with Crippen molar-refractivity contribution in [1.29, 1.82) is 0 Å². The molecule has 5 heteroatoms. The van der Waals surface area contributed by atoms with E-state index in [0.717, 1.165) is 33.9 Å². The van der Waals surface area contributed by atoms with Crippen LogP contribution in [0.2, 0.25) is 5.02 Å². The van der Waals surface area contributed by atoms with Crippen LogP contribution in [0.4, 0.5) is 0 Å². The Kier molecular flexibility index (Phi) is 3.76. The molecule has 0 fully saturated rings. The summed E-state index contributed by atoms with van der Waals surface area (Å²) in [6.45, 7) is 0.716. The summed E-state index contributed by atoms with van der Waals surface area (Å²) in [6, 6.07) is 5.98. The van der Waals surface area contributed by atoms with E-state index in [1.807, 2.05) is 12.1 Å². The Morgan fingerprint density at radius 2 is 2.17 bits per heavy atom. The lowest BCUT2D eigenvalue weighted by molar-refractivity contribution is 0.353. The van der Waals surface area contributed by atoms with Crippen molar-refractivity contribution in [1.82, 2.24) is 0 Å². The molecule has 3 rings (SSSR count). The second-order valence-corrected chi connectivity index (χ2v) is 7.81. The molecule has 1 aromatic carbocycles. The summed E-state index contributed by atoms with van der Waals surface area (Å²) in [5.74, 6) is 0.917. The van der Waals surface area contributed by atoms with Gasteiger partial charge in [-0.1, -0.05) is 11.6 Å². The van der Waals surface area contributed by atoms with E-state index in [1.54, 1.807) is 11.3 Å². The summed E-state index contributed by atoms with van der Waals surface area (Å²) in [5, 5.41) is 2.61. The van der Waals surface area contributed by atoms with Crippen LogP contribution < -0.4 is 4.74 Å². The molecular weight excluding hydrogens is 402 g/mol. The first-order valence-corrected chi connectivity index (χ1v) is 8.25. The van der Waals surface area contributed by atoms with Gasteiger partial charge in [0.2, 0.25) is 0 Å². The highest BCUT2D eigenvalue weighted by Gasteiger charge is 2.23. The Morgan fingerprint density at radius 3 is 2.89 bits per heavy atom. The summed E-state index contributed by atoms with van der Waals surface area (Å²) >= 11 is 16.7. The Morgan fingerprint density at radius 1 is 1.33 bits per heavy atom. The smallest absolute Gasteiger partial charge is 0.127 e. The zero-order valence-electron chi connectivity index (χ0n) is 9.25. The number of rotatable bonds is 2. The number of hydrogen-bond acceptors (Lipinski definition) is 2. The third kappa shape index (κ3) is 2.38. The summed E-state index contributed by atoms with van der Waals surface area (Å²) in [7, 11) is 0. The zero-order valence-corrected chi connectivity index (χ0v) is 13.7. The van der Waals surface area contributed by atoms with Crippen molar-refractivity contribution in [3.63, 3.8) is 0 Å². The Balaban J connectivity index is 2.06. The van der Waals surface area contributed by atoms with E-state index < -0.39 is 0 Å². The van der Waals surface area contributed by atoms with E-state index in [-0.39, 0.29) is 5.38 Å². The molecule has 2 heterocycles. The molecule has 0 spiro atoms. The van der Waals surface area contributed by atoms with Gasteiger partial charge in [0.1, 0.15) is 5.75 Å². The fourth-order valence-electron chi connectivity index (χ4n) is 2.12. The van der Waals surface area contributed by atoms with Crippen molar-refractivity contribution in [2.24, 2.45) is 0 Å². The second kappa shape index (κ2) is 5.19. The minimum absolute atomic E-state index is 0.199. The van der Waals surface area contributed by atoms with Crippen molar-refractivity contribution in [2.75, 3.05) is 6.61 Å². The maximum absolute atomic E-state index is 6.57. The highest BCUT2D eigenvalue weighted by Crippen LogP contribution is 2.42. The van der Waals surface area contributed by atoms with Crippen LogP contribution in [-0.2, 0) is 6.42 Å². The van der Waals surface area contributed by atoms with Gasteiger partial charge < -0.3 is 4.74 Å². The van der Waals surface area contributed by atoms with Crippen LogP contribution >= 0.6 is 57.1 Å². The van der Waals surface area contributed by atoms with E-state index in [1.165, 1.54) is 2.88 Å². The summed E-state index contributed by atoms with van der Waals surface area (Å²) in [6.07, 6.45) is 0.910. The molecular formula is C13H9Cl2IOS. The standard InChI is InChI=1S/C13H9Cl2IOS/c14-9-3-7-1-2-17-13(7)10(5-9)12(15)8-4-11(16)18-6-8/h3-6,12H,1-2H2. The number of fused-ring (bicyclic) bond motifs is 1. The van der Waals surface area contributed by atoms with Crippen molar-refractivity contribution in [2.45, 2.75) is 11.8 Å². The molecule has 0 radical (unpaired) electrons. The summed E-state index contributed by atoms with van der Waals surface area (Å²) in [4.78, 5) is 0. The predicted molar refractivity (Wildman–Crippen MR) is 85.4 cm³/mol. The molecule has 1 nitrogen and oxygen atoms in total. The topological polar surface area (TPSA) is 9.23 Å². The molecule has 0 N–H and O–H groups in total. The van der Waals surface area contributed by atoms with E-state index in [2.05, 4.69) is 34.0 Å².